The van der Waals surface area contributed by atoms with Crippen molar-refractivity contribution < 1.29 is 9.59 Å². The third-order valence-electron chi connectivity index (χ3n) is 3.78. The summed E-state index contributed by atoms with van der Waals surface area (Å²) in [6.45, 7) is 6.07. The van der Waals surface area contributed by atoms with Gasteiger partial charge >= 0.3 is 6.03 Å². The Morgan fingerprint density at radius 2 is 1.92 bits per heavy atom. The number of hydrogen-bond donors (Lipinski definition) is 3. The fraction of sp³-hybridized carbons (Fsp3) is 0.389. The smallest absolute Gasteiger partial charge is 0.312 e. The van der Waals surface area contributed by atoms with E-state index in [2.05, 4.69) is 15.7 Å². The molecule has 7 heteroatoms. The molecule has 0 radical (unpaired) electrons. The molecule has 0 saturated carbocycles. The van der Waals surface area contributed by atoms with E-state index in [0.29, 0.717) is 13.0 Å². The van der Waals surface area contributed by atoms with E-state index in [4.69, 9.17) is 5.73 Å². The van der Waals surface area contributed by atoms with E-state index in [9.17, 15) is 9.59 Å². The molecule has 25 heavy (non-hydrogen) atoms. The second kappa shape index (κ2) is 7.83. The van der Waals surface area contributed by atoms with Crippen molar-refractivity contribution in [3.8, 4) is 5.69 Å². The molecule has 2 aromatic rings. The molecule has 0 fully saturated rings. The first-order chi connectivity index (χ1) is 11.8. The van der Waals surface area contributed by atoms with E-state index in [-0.39, 0.29) is 5.91 Å². The number of amides is 3. The van der Waals surface area contributed by atoms with Gasteiger partial charge in [0.15, 0.2) is 0 Å². The second-order valence-corrected chi connectivity index (χ2v) is 6.98. The summed E-state index contributed by atoms with van der Waals surface area (Å²) < 4.78 is 1.80. The fourth-order valence-electron chi connectivity index (χ4n) is 2.46. The number of para-hydroxylation sites is 1. The van der Waals surface area contributed by atoms with Gasteiger partial charge in [-0.3, -0.25) is 4.79 Å². The first-order valence-electron chi connectivity index (χ1n) is 8.20. The number of hydrogen-bond acceptors (Lipinski definition) is 3. The van der Waals surface area contributed by atoms with E-state index in [1.807, 2.05) is 57.3 Å². The van der Waals surface area contributed by atoms with Crippen molar-refractivity contribution in [2.75, 3.05) is 6.54 Å². The van der Waals surface area contributed by atoms with Crippen LogP contribution in [0.15, 0.2) is 42.7 Å². The SMILES string of the molecule is CC(C)(C)[C@H](NC(N)=O)C(=O)NCCc1cnn(-c2ccccc2)c1. The predicted octanol–water partition coefficient (Wildman–Crippen LogP) is 1.61. The van der Waals surface area contributed by atoms with Crippen molar-refractivity contribution in [1.82, 2.24) is 20.4 Å². The molecule has 0 aliphatic rings. The Balaban J connectivity index is 1.90. The summed E-state index contributed by atoms with van der Waals surface area (Å²) in [6, 6.07) is 8.42. The van der Waals surface area contributed by atoms with E-state index < -0.39 is 17.5 Å². The van der Waals surface area contributed by atoms with Gasteiger partial charge in [-0.1, -0.05) is 39.0 Å². The minimum atomic E-state index is -0.709. The summed E-state index contributed by atoms with van der Waals surface area (Å²) in [5.74, 6) is -0.248. The van der Waals surface area contributed by atoms with Crippen molar-refractivity contribution in [3.05, 3.63) is 48.3 Å². The molecule has 1 heterocycles. The van der Waals surface area contributed by atoms with Crippen LogP contribution in [-0.4, -0.2) is 34.3 Å². The van der Waals surface area contributed by atoms with E-state index >= 15 is 0 Å². The molecule has 0 aliphatic carbocycles. The lowest BCUT2D eigenvalue weighted by Crippen LogP contribution is -2.55. The summed E-state index contributed by atoms with van der Waals surface area (Å²) in [6.07, 6.45) is 4.36. The molecule has 0 saturated heterocycles. The highest BCUT2D eigenvalue weighted by Gasteiger charge is 2.31. The van der Waals surface area contributed by atoms with Gasteiger partial charge in [-0.15, -0.1) is 0 Å². The number of carbonyl (C=O) groups excluding carboxylic acids is 2. The van der Waals surface area contributed by atoms with Crippen LogP contribution in [0.25, 0.3) is 5.69 Å². The molecule has 0 aliphatic heterocycles. The number of urea groups is 1. The van der Waals surface area contributed by atoms with Crippen molar-refractivity contribution in [2.24, 2.45) is 11.1 Å². The molecular formula is C18H25N5O2. The van der Waals surface area contributed by atoms with E-state index in [1.165, 1.54) is 0 Å². The Hall–Kier alpha value is -2.83. The number of rotatable bonds is 6. The van der Waals surface area contributed by atoms with Crippen LogP contribution in [0.5, 0.6) is 0 Å². The molecule has 1 atom stereocenters. The molecule has 0 bridgehead atoms. The normalized spacial score (nSPS) is 12.4. The molecule has 2 rings (SSSR count). The number of aromatic nitrogens is 2. The van der Waals surface area contributed by atoms with E-state index in [0.717, 1.165) is 11.3 Å². The van der Waals surface area contributed by atoms with Crippen LogP contribution in [0.4, 0.5) is 4.79 Å². The van der Waals surface area contributed by atoms with Gasteiger partial charge in [0.1, 0.15) is 6.04 Å². The number of nitrogens with one attached hydrogen (secondary N) is 2. The van der Waals surface area contributed by atoms with Gasteiger partial charge in [0.05, 0.1) is 11.9 Å². The average Bonchev–Trinajstić information content (AvgIpc) is 3.01. The molecule has 1 aromatic heterocycles. The van der Waals surface area contributed by atoms with Crippen molar-refractivity contribution >= 4 is 11.9 Å². The quantitative estimate of drug-likeness (QED) is 0.742. The number of nitrogens with two attached hydrogens (primary N) is 1. The Morgan fingerprint density at radius 1 is 1.24 bits per heavy atom. The molecule has 134 valence electrons. The predicted molar refractivity (Wildman–Crippen MR) is 96.2 cm³/mol. The molecule has 0 unspecified atom stereocenters. The van der Waals surface area contributed by atoms with Gasteiger partial charge in [0.25, 0.3) is 0 Å². The number of primary amides is 1. The Bertz CT molecular complexity index is 719. The molecule has 1 aromatic carbocycles. The summed E-state index contributed by atoms with van der Waals surface area (Å²) in [7, 11) is 0. The zero-order valence-corrected chi connectivity index (χ0v) is 14.8. The zero-order valence-electron chi connectivity index (χ0n) is 14.8. The van der Waals surface area contributed by atoms with Crippen LogP contribution >= 0.6 is 0 Å². The van der Waals surface area contributed by atoms with Gasteiger partial charge in [0.2, 0.25) is 5.91 Å². The molecule has 7 nitrogen and oxygen atoms in total. The molecule has 0 spiro atoms. The number of carbonyl (C=O) groups is 2. The van der Waals surface area contributed by atoms with E-state index in [1.54, 1.807) is 10.9 Å². The monoisotopic (exact) mass is 343 g/mol. The summed E-state index contributed by atoms with van der Waals surface area (Å²) in [5, 5.41) is 9.68. The largest absolute Gasteiger partial charge is 0.354 e. The van der Waals surface area contributed by atoms with Crippen LogP contribution in [-0.2, 0) is 11.2 Å². The lowest BCUT2D eigenvalue weighted by molar-refractivity contribution is -0.125. The van der Waals surface area contributed by atoms with Crippen molar-refractivity contribution in [3.63, 3.8) is 0 Å². The third-order valence-corrected chi connectivity index (χ3v) is 3.78. The van der Waals surface area contributed by atoms with Gasteiger partial charge < -0.3 is 16.4 Å². The molecule has 4 N–H and O–H groups in total. The topological polar surface area (TPSA) is 102 Å². The maximum atomic E-state index is 12.3. The first kappa shape index (κ1) is 18.5. The fourth-order valence-corrected chi connectivity index (χ4v) is 2.46. The Morgan fingerprint density at radius 3 is 2.52 bits per heavy atom. The summed E-state index contributed by atoms with van der Waals surface area (Å²) in [4.78, 5) is 23.5. The molecular weight excluding hydrogens is 318 g/mol. The first-order valence-corrected chi connectivity index (χ1v) is 8.20. The van der Waals surface area contributed by atoms with Gasteiger partial charge in [-0.2, -0.15) is 5.10 Å². The van der Waals surface area contributed by atoms with Crippen LogP contribution in [0, 0.1) is 5.41 Å². The second-order valence-electron chi connectivity index (χ2n) is 6.98. The maximum absolute atomic E-state index is 12.3. The van der Waals surface area contributed by atoms with Gasteiger partial charge in [-0.25, -0.2) is 9.48 Å². The van der Waals surface area contributed by atoms with Gasteiger partial charge in [0, 0.05) is 12.7 Å². The highest BCUT2D eigenvalue weighted by molar-refractivity contribution is 5.87. The van der Waals surface area contributed by atoms with Crippen LogP contribution in [0.2, 0.25) is 0 Å². The van der Waals surface area contributed by atoms with Crippen LogP contribution < -0.4 is 16.4 Å². The Labute approximate surface area is 147 Å². The van der Waals surface area contributed by atoms with Gasteiger partial charge in [-0.05, 0) is 29.5 Å². The zero-order chi connectivity index (χ0) is 18.4. The highest BCUT2D eigenvalue weighted by Crippen LogP contribution is 2.19. The molecule has 3 amide bonds. The minimum absolute atomic E-state index is 0.248. The lowest BCUT2D eigenvalue weighted by atomic mass is 9.86. The number of benzene rings is 1. The summed E-state index contributed by atoms with van der Waals surface area (Å²) >= 11 is 0. The maximum Gasteiger partial charge on any atom is 0.312 e. The van der Waals surface area contributed by atoms with Crippen LogP contribution in [0.1, 0.15) is 26.3 Å². The lowest BCUT2D eigenvalue weighted by Gasteiger charge is -2.29. The number of nitrogens with zero attached hydrogens (tertiary/aromatic N) is 2. The Kier molecular flexibility index (Phi) is 5.80. The summed E-state index contributed by atoms with van der Waals surface area (Å²) in [5.41, 5.74) is 6.73. The minimum Gasteiger partial charge on any atom is -0.354 e. The van der Waals surface area contributed by atoms with Crippen LogP contribution in [0.3, 0.4) is 0 Å². The van der Waals surface area contributed by atoms with Crippen molar-refractivity contribution in [2.45, 2.75) is 33.2 Å². The standard InChI is InChI=1S/C18H25N5O2/c1-18(2,3)15(22-17(19)25)16(24)20-10-9-13-11-21-23(12-13)14-7-5-4-6-8-14/h4-8,11-12,15H,9-10H2,1-3H3,(H,20,24)(H3,19,22,25)/t15-/m1/s1. The highest BCUT2D eigenvalue weighted by atomic mass is 16.2. The van der Waals surface area contributed by atoms with Crippen molar-refractivity contribution in [1.29, 1.82) is 0 Å². The average molecular weight is 343 g/mol. The third kappa shape index (κ3) is 5.34.